The molecular weight excluding hydrogens is 548 g/mol. The average molecular weight is 579 g/mol. The first kappa shape index (κ1) is 26.8. The number of thiazole rings is 1. The predicted molar refractivity (Wildman–Crippen MR) is 153 cm³/mol. The van der Waals surface area contributed by atoms with Gasteiger partial charge in [0.25, 0.3) is 0 Å². The van der Waals surface area contributed by atoms with E-state index in [0.717, 1.165) is 21.3 Å². The fourth-order valence-corrected chi connectivity index (χ4v) is 6.61. The van der Waals surface area contributed by atoms with E-state index < -0.39 is 18.0 Å². The number of benzene rings is 2. The van der Waals surface area contributed by atoms with Gasteiger partial charge in [-0.25, -0.2) is 14.6 Å². The molecule has 0 radical (unpaired) electrons. The maximum absolute atomic E-state index is 14.1. The van der Waals surface area contributed by atoms with Crippen LogP contribution in [-0.4, -0.2) is 86.0 Å². The lowest BCUT2D eigenvalue weighted by atomic mass is 9.99. The lowest BCUT2D eigenvalue weighted by Crippen LogP contribution is -2.66. The third kappa shape index (κ3) is 4.68. The first-order chi connectivity index (χ1) is 19.6. The van der Waals surface area contributed by atoms with Gasteiger partial charge in [0.15, 0.2) is 10.7 Å². The number of anilines is 1. The highest BCUT2D eigenvalue weighted by Gasteiger charge is 2.52. The number of H-pyrrole nitrogens is 1. The van der Waals surface area contributed by atoms with E-state index in [1.807, 2.05) is 32.0 Å². The lowest BCUT2D eigenvalue weighted by molar-refractivity contribution is -0.158. The summed E-state index contributed by atoms with van der Waals surface area (Å²) in [6.07, 6.45) is -0.355. The molecule has 0 aliphatic carbocycles. The first-order valence-electron chi connectivity index (χ1n) is 13.3. The van der Waals surface area contributed by atoms with Crippen LogP contribution in [0.1, 0.15) is 25.0 Å². The zero-order valence-corrected chi connectivity index (χ0v) is 23.6. The van der Waals surface area contributed by atoms with Crippen LogP contribution in [0.2, 0.25) is 0 Å². The van der Waals surface area contributed by atoms with Crippen LogP contribution in [0, 0.1) is 0 Å². The second-order valence-corrected chi connectivity index (χ2v) is 11.5. The highest BCUT2D eigenvalue weighted by Crippen LogP contribution is 2.33. The van der Waals surface area contributed by atoms with Gasteiger partial charge < -0.3 is 25.3 Å². The highest BCUT2D eigenvalue weighted by atomic mass is 32.1. The number of para-hydroxylation sites is 1. The number of oxazole rings is 1. The number of carbonyl (C=O) groups excluding carboxylic acids is 3. The molecule has 214 valence electrons. The van der Waals surface area contributed by atoms with Crippen molar-refractivity contribution >= 4 is 55.6 Å². The molecule has 0 spiro atoms. The number of hydrogen-bond donors (Lipinski definition) is 3. The van der Waals surface area contributed by atoms with Crippen LogP contribution in [-0.2, 0) is 22.6 Å². The van der Waals surface area contributed by atoms with Gasteiger partial charge in [-0.2, -0.15) is 5.01 Å². The van der Waals surface area contributed by atoms with Crippen molar-refractivity contribution in [3.8, 4) is 0 Å². The number of fused-ring (bicyclic) bond motifs is 3. The number of hydrogen-bond acceptors (Lipinski definition) is 9. The number of nitrogens with one attached hydrogen (secondary N) is 2. The Morgan fingerprint density at radius 3 is 2.83 bits per heavy atom. The number of aromatic amines is 1. The van der Waals surface area contributed by atoms with Gasteiger partial charge in [-0.05, 0) is 43.2 Å². The molecule has 2 aromatic heterocycles. The molecule has 2 saturated heterocycles. The third-order valence-electron chi connectivity index (χ3n) is 7.55. The zero-order chi connectivity index (χ0) is 29.0. The monoisotopic (exact) mass is 578 g/mol. The van der Waals surface area contributed by atoms with Crippen LogP contribution >= 0.6 is 11.3 Å². The number of nitrogens with two attached hydrogens (primary N) is 1. The normalized spacial score (nSPS) is 19.5. The Balaban J connectivity index is 1.39. The molecule has 2 atom stereocenters. The predicted octanol–water partition coefficient (Wildman–Crippen LogP) is 1.70. The smallest absolute Gasteiger partial charge is 0.408 e. The van der Waals surface area contributed by atoms with E-state index in [4.69, 9.17) is 10.2 Å². The second kappa shape index (κ2) is 10.2. The topological polar surface area (TPSA) is 161 Å². The Bertz CT molecular complexity index is 1730. The average Bonchev–Trinajstić information content (AvgIpc) is 3.59. The van der Waals surface area contributed by atoms with E-state index >= 15 is 0 Å². The van der Waals surface area contributed by atoms with E-state index in [2.05, 4.69) is 15.3 Å². The highest BCUT2D eigenvalue weighted by molar-refractivity contribution is 7.22. The van der Waals surface area contributed by atoms with Crippen LogP contribution in [0.3, 0.4) is 0 Å². The molecule has 4 aromatic rings. The Kier molecular flexibility index (Phi) is 6.66. The minimum Gasteiger partial charge on any atom is -0.408 e. The van der Waals surface area contributed by atoms with Gasteiger partial charge in [0.1, 0.15) is 12.2 Å². The van der Waals surface area contributed by atoms with Crippen molar-refractivity contribution in [2.45, 2.75) is 45.1 Å². The van der Waals surface area contributed by atoms with Crippen molar-refractivity contribution < 1.29 is 18.8 Å². The molecule has 14 heteroatoms. The molecule has 4 amide bonds. The van der Waals surface area contributed by atoms with Gasteiger partial charge in [-0.3, -0.25) is 19.6 Å². The minimum absolute atomic E-state index is 0.0415. The van der Waals surface area contributed by atoms with E-state index in [1.54, 1.807) is 40.1 Å². The summed E-state index contributed by atoms with van der Waals surface area (Å²) >= 11 is 1.38. The molecule has 0 bridgehead atoms. The van der Waals surface area contributed by atoms with Gasteiger partial charge in [0.2, 0.25) is 11.8 Å². The molecule has 0 saturated carbocycles. The Morgan fingerprint density at radius 2 is 2.07 bits per heavy atom. The lowest BCUT2D eigenvalue weighted by Gasteiger charge is -2.47. The van der Waals surface area contributed by atoms with Gasteiger partial charge in [-0.15, -0.1) is 0 Å². The van der Waals surface area contributed by atoms with Crippen LogP contribution in [0.5, 0.6) is 0 Å². The van der Waals surface area contributed by atoms with Crippen molar-refractivity contribution in [2.24, 2.45) is 0 Å². The Morgan fingerprint density at radius 1 is 1.27 bits per heavy atom. The molecular formula is C27H30N8O5S. The summed E-state index contributed by atoms with van der Waals surface area (Å²) in [7, 11) is 1.55. The number of piperazine rings is 1. The molecule has 4 N–H and O–H groups in total. The Hall–Kier alpha value is -4.43. The molecule has 2 aliphatic rings. The van der Waals surface area contributed by atoms with Crippen molar-refractivity contribution in [2.75, 3.05) is 25.9 Å². The third-order valence-corrected chi connectivity index (χ3v) is 8.40. The number of nitrogens with zero attached hydrogens (tertiary/aromatic N) is 5. The molecule has 41 heavy (non-hydrogen) atoms. The van der Waals surface area contributed by atoms with E-state index in [9.17, 15) is 19.2 Å². The van der Waals surface area contributed by atoms with Crippen molar-refractivity contribution in [1.82, 2.24) is 35.1 Å². The standard InChI is InChI=1S/C27H30N8O5S/c1-14(2)35(26(38)29-3)33-13-22(36)34-18(10-15-7-8-19-17(9-15)30-27(39)40-19)24(37)32(12-21(33)34)11-16-5-4-6-20-23(16)31-25(28)41-20/h4-9,14,18,21H,10-13H2,1-3H3,(H2,28,31)(H,29,38)(H,30,39)/t18-,21+/m0/s1. The SMILES string of the molecule is CNC(=O)N(C(C)C)N1CC(=O)N2[C@@H](Cc3ccc4oc(=O)[nH]c4c3)C(=O)N(Cc3cccc4sc(N)nc34)C[C@@H]21. The maximum Gasteiger partial charge on any atom is 0.417 e. The fourth-order valence-electron chi connectivity index (χ4n) is 5.83. The van der Waals surface area contributed by atoms with Crippen LogP contribution in [0.25, 0.3) is 21.3 Å². The first-order valence-corrected chi connectivity index (χ1v) is 14.1. The maximum atomic E-state index is 14.1. The van der Waals surface area contributed by atoms with E-state index in [-0.39, 0.29) is 49.9 Å². The summed E-state index contributed by atoms with van der Waals surface area (Å²) in [5.74, 6) is -1.02. The van der Waals surface area contributed by atoms with Crippen LogP contribution in [0.15, 0.2) is 45.6 Å². The van der Waals surface area contributed by atoms with Crippen molar-refractivity contribution in [3.63, 3.8) is 0 Å². The van der Waals surface area contributed by atoms with Gasteiger partial charge in [-0.1, -0.05) is 29.5 Å². The minimum atomic E-state index is -0.833. The molecule has 0 unspecified atom stereocenters. The summed E-state index contributed by atoms with van der Waals surface area (Å²) in [5, 5.41) is 6.39. The molecule has 2 fully saturated rings. The molecule has 2 aromatic carbocycles. The number of amides is 4. The molecule has 4 heterocycles. The fraction of sp³-hybridized carbons (Fsp3) is 0.370. The molecule has 6 rings (SSSR count). The zero-order valence-electron chi connectivity index (χ0n) is 22.8. The molecule has 2 aliphatic heterocycles. The summed E-state index contributed by atoms with van der Waals surface area (Å²) < 4.78 is 6.05. The van der Waals surface area contributed by atoms with Crippen LogP contribution in [0.4, 0.5) is 9.93 Å². The van der Waals surface area contributed by atoms with Crippen molar-refractivity contribution in [1.29, 1.82) is 0 Å². The van der Waals surface area contributed by atoms with Gasteiger partial charge in [0, 0.05) is 26.1 Å². The second-order valence-electron chi connectivity index (χ2n) is 10.5. The number of carbonyl (C=O) groups is 3. The summed E-state index contributed by atoms with van der Waals surface area (Å²) in [6, 6.07) is 9.56. The summed E-state index contributed by atoms with van der Waals surface area (Å²) in [4.78, 5) is 62.7. The van der Waals surface area contributed by atoms with E-state index in [0.29, 0.717) is 16.2 Å². The largest absolute Gasteiger partial charge is 0.417 e. The van der Waals surface area contributed by atoms with Gasteiger partial charge in [0.05, 0.1) is 28.8 Å². The number of nitrogen functional groups attached to an aromatic ring is 1. The summed E-state index contributed by atoms with van der Waals surface area (Å²) in [5.41, 5.74) is 9.23. The molecule has 13 nitrogen and oxygen atoms in total. The van der Waals surface area contributed by atoms with Crippen LogP contribution < -0.4 is 16.8 Å². The summed E-state index contributed by atoms with van der Waals surface area (Å²) in [6.45, 7) is 4.17. The van der Waals surface area contributed by atoms with Crippen molar-refractivity contribution in [3.05, 3.63) is 58.1 Å². The van der Waals surface area contributed by atoms with E-state index in [1.165, 1.54) is 16.3 Å². The number of urea groups is 1. The number of aromatic nitrogens is 2. The Labute approximate surface area is 238 Å². The quantitative estimate of drug-likeness (QED) is 0.312. The number of rotatable bonds is 6. The number of hydrazine groups is 1. The van der Waals surface area contributed by atoms with Gasteiger partial charge >= 0.3 is 11.8 Å².